The molecule has 0 fully saturated rings. The molecule has 0 aliphatic carbocycles. The minimum Gasteiger partial charge on any atom is -0.496 e. The smallest absolute Gasteiger partial charge is 0.122 e. The first kappa shape index (κ1) is 15.0. The molecular weight excluding hydrogens is 200 g/mol. The second-order valence-electron chi connectivity index (χ2n) is 3.35. The Morgan fingerprint density at radius 1 is 1.06 bits per heavy atom. The monoisotopic (exact) mass is 224 g/mol. The highest BCUT2D eigenvalue weighted by Gasteiger charge is 2.00. The number of aliphatic hydroxyl groups excluding tert-OH is 1. The van der Waals surface area contributed by atoms with Crippen molar-refractivity contribution in [1.82, 2.24) is 0 Å². The summed E-state index contributed by atoms with van der Waals surface area (Å²) in [4.78, 5) is 0. The molecule has 16 heavy (non-hydrogen) atoms. The average Bonchev–Trinajstić information content (AvgIpc) is 2.37. The van der Waals surface area contributed by atoms with Crippen LogP contribution in [0, 0.1) is 0 Å². The third kappa shape index (κ3) is 5.76. The zero-order chi connectivity index (χ0) is 12.2. The van der Waals surface area contributed by atoms with Crippen LogP contribution in [0.15, 0.2) is 24.3 Å². The summed E-state index contributed by atoms with van der Waals surface area (Å²) < 4.78 is 5.25. The number of aryl methyl sites for hydroxylation is 1. The van der Waals surface area contributed by atoms with E-state index in [1.165, 1.54) is 5.56 Å². The maximum Gasteiger partial charge on any atom is 0.122 e. The van der Waals surface area contributed by atoms with Crippen LogP contribution in [0.4, 0.5) is 0 Å². The Bertz CT molecular complexity index is 259. The van der Waals surface area contributed by atoms with E-state index < -0.39 is 0 Å². The van der Waals surface area contributed by atoms with Crippen LogP contribution in [0.5, 0.6) is 5.75 Å². The van der Waals surface area contributed by atoms with Gasteiger partial charge in [-0.15, -0.1) is 0 Å². The largest absolute Gasteiger partial charge is 0.496 e. The molecule has 0 radical (unpaired) electrons. The number of unbranched alkanes of at least 4 members (excludes halogenated alkanes) is 2. The van der Waals surface area contributed by atoms with Gasteiger partial charge in [0.1, 0.15) is 5.75 Å². The van der Waals surface area contributed by atoms with Crippen LogP contribution < -0.4 is 4.74 Å². The summed E-state index contributed by atoms with van der Waals surface area (Å²) in [5, 5.41) is 8.64. The quantitative estimate of drug-likeness (QED) is 0.750. The molecule has 0 saturated heterocycles. The molecule has 1 rings (SSSR count). The van der Waals surface area contributed by atoms with Gasteiger partial charge in [0.25, 0.3) is 0 Å². The second-order valence-corrected chi connectivity index (χ2v) is 3.35. The van der Waals surface area contributed by atoms with Gasteiger partial charge in [-0.2, -0.15) is 0 Å². The first-order valence-corrected chi connectivity index (χ1v) is 6.11. The molecule has 0 spiro atoms. The highest BCUT2D eigenvalue weighted by molar-refractivity contribution is 5.33. The molecule has 1 aromatic rings. The molecule has 92 valence electrons. The Morgan fingerprint density at radius 3 is 2.38 bits per heavy atom. The van der Waals surface area contributed by atoms with Crippen LogP contribution in [-0.2, 0) is 6.42 Å². The molecule has 1 aromatic carbocycles. The van der Waals surface area contributed by atoms with Gasteiger partial charge < -0.3 is 9.84 Å². The fourth-order valence-electron chi connectivity index (χ4n) is 1.51. The Balaban J connectivity index is 0.00000106. The number of hydrogen-bond acceptors (Lipinski definition) is 2. The van der Waals surface area contributed by atoms with E-state index in [-0.39, 0.29) is 0 Å². The van der Waals surface area contributed by atoms with E-state index >= 15 is 0 Å². The molecule has 0 amide bonds. The molecule has 0 aliphatic rings. The standard InChI is InChI=1S/C12H18O2.C2H6/c1-14-12-9-5-4-8-11(12)7-3-2-6-10-13;1-2/h4-5,8-9,13H,2-3,6-7,10H2,1H3;1-2H3. The molecule has 0 saturated carbocycles. The first-order chi connectivity index (χ1) is 7.88. The summed E-state index contributed by atoms with van der Waals surface area (Å²) in [7, 11) is 1.70. The van der Waals surface area contributed by atoms with Gasteiger partial charge >= 0.3 is 0 Å². The van der Waals surface area contributed by atoms with Gasteiger partial charge in [-0.3, -0.25) is 0 Å². The molecule has 0 bridgehead atoms. The van der Waals surface area contributed by atoms with E-state index in [1.807, 2.05) is 32.0 Å². The molecule has 0 aromatic heterocycles. The summed E-state index contributed by atoms with van der Waals surface area (Å²) in [5.41, 5.74) is 1.26. The average molecular weight is 224 g/mol. The van der Waals surface area contributed by atoms with Gasteiger partial charge in [-0.1, -0.05) is 38.5 Å². The minimum absolute atomic E-state index is 0.298. The maximum atomic E-state index is 8.64. The van der Waals surface area contributed by atoms with Crippen molar-refractivity contribution in [2.24, 2.45) is 0 Å². The van der Waals surface area contributed by atoms with E-state index in [9.17, 15) is 0 Å². The normalized spacial score (nSPS) is 9.25. The lowest BCUT2D eigenvalue weighted by Gasteiger charge is -2.07. The van der Waals surface area contributed by atoms with Crippen molar-refractivity contribution in [3.8, 4) is 5.75 Å². The number of rotatable bonds is 6. The second kappa shape index (κ2) is 10.5. The lowest BCUT2D eigenvalue weighted by Crippen LogP contribution is -1.92. The predicted molar refractivity (Wildman–Crippen MR) is 69.0 cm³/mol. The number of aliphatic hydroxyl groups is 1. The highest BCUT2D eigenvalue weighted by atomic mass is 16.5. The zero-order valence-electron chi connectivity index (χ0n) is 10.7. The van der Waals surface area contributed by atoms with Crippen molar-refractivity contribution in [1.29, 1.82) is 0 Å². The SMILES string of the molecule is CC.COc1ccccc1CCCCCO. The molecule has 0 atom stereocenters. The fourth-order valence-corrected chi connectivity index (χ4v) is 1.51. The zero-order valence-corrected chi connectivity index (χ0v) is 10.7. The summed E-state index contributed by atoms with van der Waals surface area (Å²) >= 11 is 0. The van der Waals surface area contributed by atoms with Gasteiger partial charge in [-0.05, 0) is 30.9 Å². The van der Waals surface area contributed by atoms with Crippen LogP contribution in [0.25, 0.3) is 0 Å². The lowest BCUT2D eigenvalue weighted by atomic mass is 10.1. The third-order valence-corrected chi connectivity index (χ3v) is 2.30. The number of ether oxygens (including phenoxy) is 1. The Kier molecular flexibility index (Phi) is 9.83. The molecule has 0 aliphatic heterocycles. The van der Waals surface area contributed by atoms with E-state index in [2.05, 4.69) is 6.07 Å². The van der Waals surface area contributed by atoms with Crippen molar-refractivity contribution in [3.05, 3.63) is 29.8 Å². The Morgan fingerprint density at radius 2 is 1.75 bits per heavy atom. The minimum atomic E-state index is 0.298. The Hall–Kier alpha value is -1.02. The molecule has 2 heteroatoms. The number of para-hydroxylation sites is 1. The first-order valence-electron chi connectivity index (χ1n) is 6.11. The van der Waals surface area contributed by atoms with Gasteiger partial charge in [0.2, 0.25) is 0 Å². The van der Waals surface area contributed by atoms with E-state index in [4.69, 9.17) is 9.84 Å². The molecular formula is C14H24O2. The van der Waals surface area contributed by atoms with E-state index in [1.54, 1.807) is 7.11 Å². The van der Waals surface area contributed by atoms with Gasteiger partial charge in [-0.25, -0.2) is 0 Å². The van der Waals surface area contributed by atoms with Crippen LogP contribution in [-0.4, -0.2) is 18.8 Å². The van der Waals surface area contributed by atoms with Crippen LogP contribution >= 0.6 is 0 Å². The fraction of sp³-hybridized carbons (Fsp3) is 0.571. The lowest BCUT2D eigenvalue weighted by molar-refractivity contribution is 0.283. The summed E-state index contributed by atoms with van der Waals surface area (Å²) in [5.74, 6) is 0.969. The molecule has 1 N–H and O–H groups in total. The van der Waals surface area contributed by atoms with Gasteiger partial charge in [0.05, 0.1) is 7.11 Å². The highest BCUT2D eigenvalue weighted by Crippen LogP contribution is 2.19. The topological polar surface area (TPSA) is 29.5 Å². The van der Waals surface area contributed by atoms with Gasteiger partial charge in [0.15, 0.2) is 0 Å². The predicted octanol–water partition coefficient (Wildman–Crippen LogP) is 3.43. The van der Waals surface area contributed by atoms with Crippen LogP contribution in [0.3, 0.4) is 0 Å². The van der Waals surface area contributed by atoms with Crippen molar-refractivity contribution in [2.45, 2.75) is 39.5 Å². The van der Waals surface area contributed by atoms with E-state index in [0.717, 1.165) is 31.4 Å². The Labute approximate surface area is 99.3 Å². The maximum absolute atomic E-state index is 8.64. The third-order valence-electron chi connectivity index (χ3n) is 2.30. The molecule has 0 heterocycles. The number of methoxy groups -OCH3 is 1. The summed E-state index contributed by atoms with van der Waals surface area (Å²) in [6, 6.07) is 8.10. The van der Waals surface area contributed by atoms with Crippen LogP contribution in [0.2, 0.25) is 0 Å². The van der Waals surface area contributed by atoms with Crippen molar-refractivity contribution >= 4 is 0 Å². The molecule has 2 nitrogen and oxygen atoms in total. The number of hydrogen-bond donors (Lipinski definition) is 1. The van der Waals surface area contributed by atoms with Crippen LogP contribution in [0.1, 0.15) is 38.7 Å². The van der Waals surface area contributed by atoms with Crippen molar-refractivity contribution < 1.29 is 9.84 Å². The van der Waals surface area contributed by atoms with Gasteiger partial charge in [0, 0.05) is 6.61 Å². The van der Waals surface area contributed by atoms with Crippen molar-refractivity contribution in [2.75, 3.05) is 13.7 Å². The van der Waals surface area contributed by atoms with E-state index in [0.29, 0.717) is 6.61 Å². The summed E-state index contributed by atoms with van der Waals surface area (Å²) in [6.07, 6.45) is 4.12. The number of benzene rings is 1. The summed E-state index contributed by atoms with van der Waals surface area (Å²) in [6.45, 7) is 4.30. The molecule has 0 unspecified atom stereocenters. The van der Waals surface area contributed by atoms with Crippen molar-refractivity contribution in [3.63, 3.8) is 0 Å².